The van der Waals surface area contributed by atoms with Crippen molar-refractivity contribution in [2.45, 2.75) is 26.8 Å². The number of nitrogens with one attached hydrogen (secondary N) is 2. The van der Waals surface area contributed by atoms with Gasteiger partial charge in [0.05, 0.1) is 13.7 Å². The van der Waals surface area contributed by atoms with Gasteiger partial charge in [-0.15, -0.1) is 11.8 Å². The van der Waals surface area contributed by atoms with Crippen LogP contribution in [0.25, 0.3) is 5.57 Å². The van der Waals surface area contributed by atoms with Gasteiger partial charge < -0.3 is 25.8 Å². The molecule has 0 unspecified atom stereocenters. The van der Waals surface area contributed by atoms with Crippen LogP contribution < -0.4 is 16.4 Å². The van der Waals surface area contributed by atoms with Crippen LogP contribution in [-0.2, 0) is 20.8 Å². The molecule has 7 heteroatoms. The molecule has 0 atom stereocenters. The predicted octanol–water partition coefficient (Wildman–Crippen LogP) is 4.96. The van der Waals surface area contributed by atoms with Crippen molar-refractivity contribution in [3.8, 4) is 0 Å². The minimum absolute atomic E-state index is 0.168. The Hall–Kier alpha value is -3.16. The average molecular weight is 470 g/mol. The summed E-state index contributed by atoms with van der Waals surface area (Å²) in [4.78, 5) is 12.2. The molecule has 0 aromatic heterocycles. The van der Waals surface area contributed by atoms with Crippen LogP contribution in [0.5, 0.6) is 0 Å². The fourth-order valence-electron chi connectivity index (χ4n) is 2.64. The minimum atomic E-state index is -0.168. The molecule has 0 aliphatic rings. The van der Waals surface area contributed by atoms with Gasteiger partial charge in [-0.1, -0.05) is 43.0 Å². The number of allylic oxidation sites excluding steroid dienone is 4. The van der Waals surface area contributed by atoms with E-state index >= 15 is 0 Å². The van der Waals surface area contributed by atoms with Gasteiger partial charge in [0.25, 0.3) is 0 Å². The molecule has 0 aliphatic heterocycles. The van der Waals surface area contributed by atoms with Crippen LogP contribution in [0.4, 0.5) is 0 Å². The lowest BCUT2D eigenvalue weighted by molar-refractivity contribution is -0.115. The first-order valence-corrected chi connectivity index (χ1v) is 11.4. The van der Waals surface area contributed by atoms with Crippen molar-refractivity contribution in [3.05, 3.63) is 100 Å². The third-order valence-electron chi connectivity index (χ3n) is 4.36. The highest BCUT2D eigenvalue weighted by Gasteiger charge is 2.03. The van der Waals surface area contributed by atoms with Gasteiger partial charge in [-0.05, 0) is 47.4 Å². The Kier molecular flexibility index (Phi) is 13.9. The Morgan fingerprint density at radius 1 is 1.15 bits per heavy atom. The van der Waals surface area contributed by atoms with E-state index < -0.39 is 0 Å². The molecule has 0 aliphatic carbocycles. The highest BCUT2D eigenvalue weighted by Crippen LogP contribution is 2.15. The summed E-state index contributed by atoms with van der Waals surface area (Å²) in [7, 11) is 3.26. The lowest BCUT2D eigenvalue weighted by Gasteiger charge is -2.11. The maximum Gasteiger partial charge on any atom is 0.248 e. The number of ether oxygens (including phenoxy) is 2. The molecule has 4 N–H and O–H groups in total. The fourth-order valence-corrected chi connectivity index (χ4v) is 3.07. The molecule has 1 aromatic carbocycles. The largest absolute Gasteiger partial charge is 0.497 e. The van der Waals surface area contributed by atoms with Crippen LogP contribution in [-0.4, -0.2) is 26.7 Å². The van der Waals surface area contributed by atoms with Gasteiger partial charge in [0.2, 0.25) is 5.91 Å². The molecule has 33 heavy (non-hydrogen) atoms. The molecule has 0 saturated heterocycles. The lowest BCUT2D eigenvalue weighted by atomic mass is 10.0. The van der Waals surface area contributed by atoms with Crippen LogP contribution in [0.2, 0.25) is 0 Å². The van der Waals surface area contributed by atoms with Crippen LogP contribution in [0, 0.1) is 0 Å². The van der Waals surface area contributed by atoms with Gasteiger partial charge in [-0.25, -0.2) is 0 Å². The quantitative estimate of drug-likeness (QED) is 0.155. The van der Waals surface area contributed by atoms with E-state index in [1.165, 1.54) is 18.0 Å². The van der Waals surface area contributed by atoms with Gasteiger partial charge in [0, 0.05) is 43.7 Å². The maximum atomic E-state index is 12.2. The molecule has 6 nitrogen and oxygen atoms in total. The lowest BCUT2D eigenvalue weighted by Crippen LogP contribution is -2.18. The summed E-state index contributed by atoms with van der Waals surface area (Å²) in [6, 6.07) is 8.11. The van der Waals surface area contributed by atoms with E-state index in [1.807, 2.05) is 61.7 Å². The minimum Gasteiger partial charge on any atom is -0.497 e. The second-order valence-corrected chi connectivity index (χ2v) is 7.88. The average Bonchev–Trinajstić information content (AvgIpc) is 2.80. The van der Waals surface area contributed by atoms with Gasteiger partial charge >= 0.3 is 0 Å². The zero-order valence-corrected chi connectivity index (χ0v) is 20.7. The molecule has 1 aromatic rings. The van der Waals surface area contributed by atoms with Crippen LogP contribution in [0.3, 0.4) is 0 Å². The summed E-state index contributed by atoms with van der Waals surface area (Å²) in [5, 5.41) is 9.82. The van der Waals surface area contributed by atoms with Crippen molar-refractivity contribution in [2.24, 2.45) is 5.73 Å². The Morgan fingerprint density at radius 3 is 2.52 bits per heavy atom. The molecule has 1 rings (SSSR count). The number of thioether (sulfide) groups is 1. The number of hydrogen-bond donors (Lipinski definition) is 3. The van der Waals surface area contributed by atoms with Crippen molar-refractivity contribution >= 4 is 23.2 Å². The Morgan fingerprint density at radius 2 is 1.88 bits per heavy atom. The third-order valence-corrected chi connectivity index (χ3v) is 5.17. The molecule has 1 amide bonds. The number of amides is 1. The summed E-state index contributed by atoms with van der Waals surface area (Å²) in [6.07, 6.45) is 9.66. The second-order valence-electron chi connectivity index (χ2n) is 7.10. The van der Waals surface area contributed by atoms with E-state index in [-0.39, 0.29) is 5.91 Å². The Bertz CT molecular complexity index is 913. The molecule has 178 valence electrons. The Labute approximate surface area is 202 Å². The summed E-state index contributed by atoms with van der Waals surface area (Å²) in [5.41, 5.74) is 10.0. The zero-order valence-electron chi connectivity index (χ0n) is 19.9. The molecule has 0 fully saturated rings. The molecule has 0 bridgehead atoms. The maximum absolute atomic E-state index is 12.2. The van der Waals surface area contributed by atoms with E-state index in [2.05, 4.69) is 17.2 Å². The number of hydrogen-bond acceptors (Lipinski definition) is 6. The van der Waals surface area contributed by atoms with Gasteiger partial charge in [0.15, 0.2) is 0 Å². The fraction of sp³-hybridized carbons (Fsp3) is 0.269. The van der Waals surface area contributed by atoms with Gasteiger partial charge in [0.1, 0.15) is 5.76 Å². The summed E-state index contributed by atoms with van der Waals surface area (Å²) >= 11 is 1.40. The first-order valence-electron chi connectivity index (χ1n) is 10.5. The van der Waals surface area contributed by atoms with Crippen molar-refractivity contribution < 1.29 is 14.3 Å². The molecule has 0 heterocycles. The van der Waals surface area contributed by atoms with Crippen LogP contribution in [0.1, 0.15) is 31.4 Å². The summed E-state index contributed by atoms with van der Waals surface area (Å²) in [5.74, 6) is 0.422. The standard InChI is InChI=1S/C26H35N3O3S/c1-20(16-26(30)29-21(2)19-33-15-13-27)24-11-9-23(10-12-24)18-28-25(17-22(3)32-5)8-6-7-14-31-4/h6-7,9-13,15-17,19,28H,3,8,14,18,27H2,1-2,4-5H3,(H,29,30)/b7-6-,15-13+,20-16+,21-19+,25-17+. The van der Waals surface area contributed by atoms with E-state index in [0.29, 0.717) is 18.9 Å². The van der Waals surface area contributed by atoms with Crippen molar-refractivity contribution in [1.29, 1.82) is 0 Å². The molecule has 0 radical (unpaired) electrons. The second kappa shape index (κ2) is 16.5. The van der Waals surface area contributed by atoms with E-state index in [1.54, 1.807) is 25.7 Å². The zero-order chi connectivity index (χ0) is 24.5. The summed E-state index contributed by atoms with van der Waals surface area (Å²) in [6.45, 7) is 8.84. The monoisotopic (exact) mass is 469 g/mol. The first kappa shape index (κ1) is 27.9. The van der Waals surface area contributed by atoms with E-state index in [0.717, 1.165) is 34.5 Å². The SMILES string of the molecule is C=C(/C=C(\C/C=C\COC)NCc1ccc(/C(C)=C/C(=O)N/C(C)=C/S/C=C/N)cc1)OC. The summed E-state index contributed by atoms with van der Waals surface area (Å²) < 4.78 is 10.2. The van der Waals surface area contributed by atoms with Gasteiger partial charge in [-0.3, -0.25) is 4.79 Å². The van der Waals surface area contributed by atoms with Crippen molar-refractivity contribution in [3.63, 3.8) is 0 Å². The number of methoxy groups -OCH3 is 2. The van der Waals surface area contributed by atoms with Crippen molar-refractivity contribution in [2.75, 3.05) is 20.8 Å². The topological polar surface area (TPSA) is 85.6 Å². The first-order chi connectivity index (χ1) is 15.9. The number of carbonyl (C=O) groups is 1. The third kappa shape index (κ3) is 12.5. The van der Waals surface area contributed by atoms with E-state index in [4.69, 9.17) is 15.2 Å². The Balaban J connectivity index is 2.73. The van der Waals surface area contributed by atoms with Gasteiger partial charge in [-0.2, -0.15) is 0 Å². The number of carbonyl (C=O) groups excluding carboxylic acids is 1. The smallest absolute Gasteiger partial charge is 0.248 e. The van der Waals surface area contributed by atoms with Crippen LogP contribution >= 0.6 is 11.8 Å². The molecular formula is C26H35N3O3S. The number of rotatable bonds is 14. The molecular weight excluding hydrogens is 434 g/mol. The number of benzene rings is 1. The predicted molar refractivity (Wildman–Crippen MR) is 140 cm³/mol. The highest BCUT2D eigenvalue weighted by atomic mass is 32.2. The highest BCUT2D eigenvalue weighted by molar-refractivity contribution is 8.04. The van der Waals surface area contributed by atoms with E-state index in [9.17, 15) is 4.79 Å². The number of nitrogens with two attached hydrogens (primary N) is 1. The normalized spacial score (nSPS) is 12.9. The van der Waals surface area contributed by atoms with Crippen LogP contribution in [0.15, 0.2) is 89.3 Å². The molecule has 0 saturated carbocycles. The van der Waals surface area contributed by atoms with Crippen molar-refractivity contribution in [1.82, 2.24) is 10.6 Å². The molecule has 0 spiro atoms.